The number of Topliss-reactive ketones (excluding diaryl/α,β-unsaturated/α-hetero) is 1. The topological polar surface area (TPSA) is 54.5 Å². The number of carbonyl (C=O) groups is 2. The summed E-state index contributed by atoms with van der Waals surface area (Å²) in [7, 11) is -1.29. The Bertz CT molecular complexity index is 539. The number of anilines is 1. The molecule has 0 aromatic heterocycles. The van der Waals surface area contributed by atoms with Crippen LogP contribution in [0, 0.1) is 0 Å². The van der Waals surface area contributed by atoms with Crippen LogP contribution in [0.4, 0.5) is 5.69 Å². The number of hydrogen-bond acceptors (Lipinski definition) is 3. The lowest BCUT2D eigenvalue weighted by Crippen LogP contribution is -2.39. The number of ketones is 1. The van der Waals surface area contributed by atoms with Crippen LogP contribution in [0.1, 0.15) is 30.6 Å². The van der Waals surface area contributed by atoms with Crippen molar-refractivity contribution in [3.05, 3.63) is 23.8 Å². The Morgan fingerprint density at radius 1 is 1.44 bits per heavy atom. The van der Waals surface area contributed by atoms with E-state index in [0.29, 0.717) is 22.7 Å². The van der Waals surface area contributed by atoms with Crippen LogP contribution >= 0.6 is 0 Å². The van der Waals surface area contributed by atoms with E-state index in [9.17, 15) is 13.8 Å². The zero-order valence-electron chi connectivity index (χ0n) is 10.4. The Morgan fingerprint density at radius 3 is 2.78 bits per heavy atom. The molecular weight excluding hydrogens is 250 g/mol. The van der Waals surface area contributed by atoms with E-state index >= 15 is 0 Å². The molecule has 1 aliphatic heterocycles. The molecule has 0 N–H and O–H groups in total. The van der Waals surface area contributed by atoms with Crippen LogP contribution in [0.5, 0.6) is 0 Å². The first kappa shape index (κ1) is 13.0. The van der Waals surface area contributed by atoms with Crippen molar-refractivity contribution in [2.45, 2.75) is 25.2 Å². The number of hydrogen-bond donors (Lipinski definition) is 0. The summed E-state index contributed by atoms with van der Waals surface area (Å²) in [6.45, 7) is 4.05. The Balaban J connectivity index is 2.54. The van der Waals surface area contributed by atoms with Gasteiger partial charge in [-0.1, -0.05) is 13.0 Å². The van der Waals surface area contributed by atoms with Gasteiger partial charge in [0.1, 0.15) is 5.75 Å². The predicted molar refractivity (Wildman–Crippen MR) is 70.4 cm³/mol. The molecule has 1 aromatic rings. The fourth-order valence-corrected chi connectivity index (χ4v) is 3.17. The Kier molecular flexibility index (Phi) is 3.61. The highest BCUT2D eigenvalue weighted by Gasteiger charge is 2.28. The van der Waals surface area contributed by atoms with Crippen molar-refractivity contribution in [1.29, 1.82) is 0 Å². The third-order valence-corrected chi connectivity index (χ3v) is 4.25. The van der Waals surface area contributed by atoms with Crippen LogP contribution in [-0.4, -0.2) is 28.2 Å². The smallest absolute Gasteiger partial charge is 0.240 e. The van der Waals surface area contributed by atoms with E-state index in [1.54, 1.807) is 23.1 Å². The zero-order chi connectivity index (χ0) is 13.3. The van der Waals surface area contributed by atoms with Gasteiger partial charge in [-0.2, -0.15) is 0 Å². The Hall–Kier alpha value is -1.49. The first-order valence-corrected chi connectivity index (χ1v) is 7.20. The van der Waals surface area contributed by atoms with E-state index in [2.05, 4.69) is 0 Å². The minimum absolute atomic E-state index is 0.0341. The summed E-state index contributed by atoms with van der Waals surface area (Å²) in [6, 6.07) is 5.03. The molecule has 5 heteroatoms. The third kappa shape index (κ3) is 2.22. The molecule has 4 nitrogen and oxygen atoms in total. The van der Waals surface area contributed by atoms with Crippen molar-refractivity contribution in [2.24, 2.45) is 0 Å². The third-order valence-electron chi connectivity index (χ3n) is 2.90. The average Bonchev–Trinajstić information content (AvgIpc) is 2.33. The van der Waals surface area contributed by atoms with Gasteiger partial charge in [-0.25, -0.2) is 0 Å². The van der Waals surface area contributed by atoms with E-state index in [1.807, 2.05) is 6.92 Å². The molecular formula is C13H15NO3S. The molecule has 2 rings (SSSR count). The molecule has 18 heavy (non-hydrogen) atoms. The molecule has 96 valence electrons. The molecule has 0 aliphatic carbocycles. The first-order chi connectivity index (χ1) is 8.54. The average molecular weight is 265 g/mol. The van der Waals surface area contributed by atoms with Crippen LogP contribution < -0.4 is 4.90 Å². The standard InChI is InChI=1S/C13H15NO3S/c1-3-6-14-11-7-10(9(2)15)4-5-12(11)18(17)8-13(14)16/h4-5,7H,3,6,8H2,1-2H3. The van der Waals surface area contributed by atoms with Crippen LogP contribution in [0.3, 0.4) is 0 Å². The summed E-state index contributed by atoms with van der Waals surface area (Å²) in [6.07, 6.45) is 0.822. The highest BCUT2D eigenvalue weighted by atomic mass is 32.2. The molecule has 1 heterocycles. The minimum Gasteiger partial charge on any atom is -0.310 e. The summed E-state index contributed by atoms with van der Waals surface area (Å²) in [4.78, 5) is 25.5. The predicted octanol–water partition coefficient (Wildman–Crippen LogP) is 1.75. The second-order valence-corrected chi connectivity index (χ2v) is 5.69. The van der Waals surface area contributed by atoms with Gasteiger partial charge in [-0.15, -0.1) is 0 Å². The van der Waals surface area contributed by atoms with Gasteiger partial charge < -0.3 is 4.90 Å². The lowest BCUT2D eigenvalue weighted by atomic mass is 10.1. The highest BCUT2D eigenvalue weighted by molar-refractivity contribution is 7.86. The van der Waals surface area contributed by atoms with Gasteiger partial charge in [0.25, 0.3) is 0 Å². The van der Waals surface area contributed by atoms with Crippen LogP contribution in [-0.2, 0) is 15.6 Å². The lowest BCUT2D eigenvalue weighted by Gasteiger charge is -2.28. The fraction of sp³-hybridized carbons (Fsp3) is 0.385. The van der Waals surface area contributed by atoms with E-state index in [0.717, 1.165) is 6.42 Å². The monoisotopic (exact) mass is 265 g/mol. The number of rotatable bonds is 3. The molecule has 1 aromatic carbocycles. The van der Waals surface area contributed by atoms with E-state index in [1.165, 1.54) is 6.92 Å². The molecule has 0 fully saturated rings. The molecule has 0 saturated heterocycles. The summed E-state index contributed by atoms with van der Waals surface area (Å²) in [5.41, 5.74) is 1.17. The van der Waals surface area contributed by atoms with Crippen molar-refractivity contribution in [3.63, 3.8) is 0 Å². The molecule has 1 unspecified atom stereocenters. The van der Waals surface area contributed by atoms with Crippen molar-refractivity contribution in [1.82, 2.24) is 0 Å². The van der Waals surface area contributed by atoms with E-state index in [4.69, 9.17) is 0 Å². The minimum atomic E-state index is -1.29. The second kappa shape index (κ2) is 5.02. The summed E-state index contributed by atoms with van der Waals surface area (Å²) >= 11 is 0. The van der Waals surface area contributed by atoms with Crippen LogP contribution in [0.2, 0.25) is 0 Å². The molecule has 0 spiro atoms. The SMILES string of the molecule is CCCN1C(=O)CS(=O)c2ccc(C(C)=O)cc21. The number of benzene rings is 1. The quantitative estimate of drug-likeness (QED) is 0.782. The maximum Gasteiger partial charge on any atom is 0.240 e. The van der Waals surface area contributed by atoms with E-state index < -0.39 is 10.8 Å². The maximum absolute atomic E-state index is 11.9. The van der Waals surface area contributed by atoms with Gasteiger partial charge in [-0.3, -0.25) is 13.8 Å². The van der Waals surface area contributed by atoms with Gasteiger partial charge in [-0.05, 0) is 25.5 Å². The van der Waals surface area contributed by atoms with Crippen molar-refractivity contribution >= 4 is 28.2 Å². The summed E-state index contributed by atoms with van der Waals surface area (Å²) in [5.74, 6) is -0.159. The number of amides is 1. The highest BCUT2D eigenvalue weighted by Crippen LogP contribution is 2.30. The number of fused-ring (bicyclic) bond motifs is 1. The number of nitrogens with zero attached hydrogens (tertiary/aromatic N) is 1. The maximum atomic E-state index is 11.9. The van der Waals surface area contributed by atoms with Gasteiger partial charge in [0.15, 0.2) is 5.78 Å². The normalized spacial score (nSPS) is 18.7. The van der Waals surface area contributed by atoms with Crippen molar-refractivity contribution < 1.29 is 13.8 Å². The van der Waals surface area contributed by atoms with Crippen molar-refractivity contribution in [2.75, 3.05) is 17.2 Å². The first-order valence-electron chi connectivity index (χ1n) is 5.88. The Morgan fingerprint density at radius 2 is 2.17 bits per heavy atom. The van der Waals surface area contributed by atoms with Gasteiger partial charge >= 0.3 is 0 Å². The molecule has 1 aliphatic rings. The lowest BCUT2D eigenvalue weighted by molar-refractivity contribution is -0.116. The number of carbonyl (C=O) groups excluding carboxylic acids is 2. The largest absolute Gasteiger partial charge is 0.310 e. The van der Waals surface area contributed by atoms with Gasteiger partial charge in [0, 0.05) is 12.1 Å². The second-order valence-electron chi connectivity index (χ2n) is 4.27. The molecule has 0 bridgehead atoms. The van der Waals surface area contributed by atoms with Crippen molar-refractivity contribution in [3.8, 4) is 0 Å². The summed E-state index contributed by atoms with van der Waals surface area (Å²) in [5, 5.41) is 0. The fourth-order valence-electron chi connectivity index (χ4n) is 2.01. The van der Waals surface area contributed by atoms with E-state index in [-0.39, 0.29) is 17.4 Å². The van der Waals surface area contributed by atoms with Crippen LogP contribution in [0.25, 0.3) is 0 Å². The molecule has 1 amide bonds. The van der Waals surface area contributed by atoms with Gasteiger partial charge in [0.05, 0.1) is 21.4 Å². The zero-order valence-corrected chi connectivity index (χ0v) is 11.3. The van der Waals surface area contributed by atoms with Gasteiger partial charge in [0.2, 0.25) is 5.91 Å². The molecule has 0 radical (unpaired) electrons. The summed E-state index contributed by atoms with van der Waals surface area (Å²) < 4.78 is 11.9. The molecule has 0 saturated carbocycles. The van der Waals surface area contributed by atoms with Crippen LogP contribution in [0.15, 0.2) is 23.1 Å². The molecule has 1 atom stereocenters. The Labute approximate surface area is 108 Å².